The van der Waals surface area contributed by atoms with Crippen LogP contribution in [0.15, 0.2) is 24.3 Å². The fourth-order valence-corrected chi connectivity index (χ4v) is 1.03. The second-order valence-electron chi connectivity index (χ2n) is 2.64. The van der Waals surface area contributed by atoms with Crippen LogP contribution in [0.5, 0.6) is 5.75 Å². The summed E-state index contributed by atoms with van der Waals surface area (Å²) in [6.07, 6.45) is 0.118. The van der Waals surface area contributed by atoms with Crippen molar-refractivity contribution in [1.82, 2.24) is 5.59 Å². The van der Waals surface area contributed by atoms with E-state index in [1.165, 1.54) is 0 Å². The topological polar surface area (TPSA) is 73.6 Å². The van der Waals surface area contributed by atoms with Gasteiger partial charge in [-0.1, -0.05) is 17.2 Å². The molecule has 5 nitrogen and oxygen atoms in total. The quantitative estimate of drug-likeness (QED) is 0.584. The molecule has 0 saturated heterocycles. The third-order valence-electron chi connectivity index (χ3n) is 1.56. The highest BCUT2D eigenvalue weighted by Crippen LogP contribution is 2.15. The molecule has 1 rings (SSSR count). The molecule has 0 aliphatic rings. The molecule has 0 saturated carbocycles. The first-order valence-corrected chi connectivity index (χ1v) is 4.64. The fourth-order valence-electron chi connectivity index (χ4n) is 0.900. The maximum atomic E-state index is 10.8. The molecule has 0 spiro atoms. The monoisotopic (exact) mass is 230 g/mol. The lowest BCUT2D eigenvalue weighted by molar-refractivity contribution is -0.151. The number of hydrogen-bond donors (Lipinski definition) is 2. The Morgan fingerprint density at radius 1 is 1.40 bits per heavy atom. The Labute approximate surface area is 92.0 Å². The van der Waals surface area contributed by atoms with Gasteiger partial charge in [0.15, 0.2) is 0 Å². The molecule has 82 valence electrons. The first-order chi connectivity index (χ1) is 7.22. The smallest absolute Gasteiger partial charge is 0.329 e. The van der Waals surface area contributed by atoms with E-state index in [0.717, 1.165) is 0 Å². The van der Waals surface area contributed by atoms with E-state index < -0.39 is 5.97 Å². The van der Waals surface area contributed by atoms with Crippen molar-refractivity contribution >= 4 is 17.6 Å². The molecule has 0 atom stereocenters. The molecule has 0 unspecified atom stereocenters. The summed E-state index contributed by atoms with van der Waals surface area (Å²) in [6.45, 7) is 0.224. The maximum Gasteiger partial charge on any atom is 0.329 e. The standard InChI is InChI=1S/C9H11ClN2O3/c10-7-1-3-8(4-2-7)14-6-5-9(13)15-12-11/h1-4,12H,5-6,11H2. The first kappa shape index (κ1) is 11.8. The van der Waals surface area contributed by atoms with Gasteiger partial charge in [0, 0.05) is 5.02 Å². The molecule has 0 aliphatic carbocycles. The van der Waals surface area contributed by atoms with E-state index in [0.29, 0.717) is 10.8 Å². The number of benzene rings is 1. The van der Waals surface area contributed by atoms with Crippen LogP contribution in [0.2, 0.25) is 5.02 Å². The van der Waals surface area contributed by atoms with E-state index in [4.69, 9.17) is 22.2 Å². The third kappa shape index (κ3) is 4.64. The van der Waals surface area contributed by atoms with Gasteiger partial charge in [0.05, 0.1) is 13.0 Å². The van der Waals surface area contributed by atoms with Crippen LogP contribution >= 0.6 is 11.6 Å². The molecule has 1 aromatic carbocycles. The molecule has 0 bridgehead atoms. The number of nitrogens with two attached hydrogens (primary N) is 1. The second-order valence-corrected chi connectivity index (χ2v) is 3.08. The lowest BCUT2D eigenvalue weighted by atomic mass is 10.3. The highest BCUT2D eigenvalue weighted by Gasteiger charge is 2.02. The normalized spacial score (nSPS) is 9.73. The van der Waals surface area contributed by atoms with Crippen molar-refractivity contribution in [3.8, 4) is 5.75 Å². The van der Waals surface area contributed by atoms with Gasteiger partial charge in [0.2, 0.25) is 0 Å². The summed E-state index contributed by atoms with van der Waals surface area (Å²) in [5.74, 6) is 4.95. The predicted molar refractivity (Wildman–Crippen MR) is 55.0 cm³/mol. The maximum absolute atomic E-state index is 10.8. The van der Waals surface area contributed by atoms with Crippen molar-refractivity contribution in [2.24, 2.45) is 5.84 Å². The summed E-state index contributed by atoms with van der Waals surface area (Å²) in [5, 5.41) is 0.633. The molecular formula is C9H11ClN2O3. The van der Waals surface area contributed by atoms with Crippen LogP contribution in [0.1, 0.15) is 6.42 Å². The number of ether oxygens (including phenoxy) is 1. The van der Waals surface area contributed by atoms with E-state index in [1.807, 2.05) is 0 Å². The highest BCUT2D eigenvalue weighted by molar-refractivity contribution is 6.30. The molecule has 0 amide bonds. The van der Waals surface area contributed by atoms with E-state index in [-0.39, 0.29) is 13.0 Å². The number of carbonyl (C=O) groups is 1. The minimum Gasteiger partial charge on any atom is -0.493 e. The number of carbonyl (C=O) groups excluding carboxylic acids is 1. The van der Waals surface area contributed by atoms with Gasteiger partial charge in [-0.25, -0.2) is 5.84 Å². The van der Waals surface area contributed by atoms with E-state index in [1.54, 1.807) is 29.9 Å². The van der Waals surface area contributed by atoms with E-state index in [2.05, 4.69) is 4.84 Å². The molecule has 0 aromatic heterocycles. The summed E-state index contributed by atoms with van der Waals surface area (Å²) in [5.41, 5.74) is 1.80. The van der Waals surface area contributed by atoms with Crippen LogP contribution in [0, 0.1) is 0 Å². The van der Waals surface area contributed by atoms with E-state index >= 15 is 0 Å². The number of hydrogen-bond acceptors (Lipinski definition) is 5. The van der Waals surface area contributed by atoms with Crippen LogP contribution in [0.25, 0.3) is 0 Å². The molecule has 6 heteroatoms. The molecule has 1 aromatic rings. The Bertz CT molecular complexity index is 316. The summed E-state index contributed by atoms with van der Waals surface area (Å²) in [6, 6.07) is 6.84. The molecule has 0 radical (unpaired) electrons. The van der Waals surface area contributed by atoms with Gasteiger partial charge in [-0.15, -0.1) is 0 Å². The first-order valence-electron chi connectivity index (χ1n) is 4.26. The van der Waals surface area contributed by atoms with Crippen LogP contribution in [-0.2, 0) is 9.63 Å². The van der Waals surface area contributed by atoms with Crippen molar-refractivity contribution < 1.29 is 14.4 Å². The zero-order valence-corrected chi connectivity index (χ0v) is 8.66. The second kappa shape index (κ2) is 6.23. The van der Waals surface area contributed by atoms with Crippen molar-refractivity contribution in [3.63, 3.8) is 0 Å². The predicted octanol–water partition coefficient (Wildman–Crippen LogP) is 1.03. The molecule has 15 heavy (non-hydrogen) atoms. The SMILES string of the molecule is NNOC(=O)CCOc1ccc(Cl)cc1. The van der Waals surface area contributed by atoms with Crippen molar-refractivity contribution in [2.45, 2.75) is 6.42 Å². The van der Waals surface area contributed by atoms with Crippen LogP contribution in [-0.4, -0.2) is 12.6 Å². The Morgan fingerprint density at radius 2 is 2.07 bits per heavy atom. The lowest BCUT2D eigenvalue weighted by Gasteiger charge is -2.05. The Balaban J connectivity index is 2.26. The molecule has 0 fully saturated rings. The average molecular weight is 231 g/mol. The number of nitrogens with one attached hydrogen (secondary N) is 1. The van der Waals surface area contributed by atoms with Crippen LogP contribution < -0.4 is 16.2 Å². The van der Waals surface area contributed by atoms with E-state index in [9.17, 15) is 4.79 Å². The Morgan fingerprint density at radius 3 is 2.67 bits per heavy atom. The fraction of sp³-hybridized carbons (Fsp3) is 0.222. The van der Waals surface area contributed by atoms with Crippen molar-refractivity contribution in [2.75, 3.05) is 6.61 Å². The summed E-state index contributed by atoms with van der Waals surface area (Å²) < 4.78 is 5.25. The van der Waals surface area contributed by atoms with Crippen LogP contribution in [0.4, 0.5) is 0 Å². The summed E-state index contributed by atoms with van der Waals surface area (Å²) >= 11 is 5.69. The Kier molecular flexibility index (Phi) is 4.89. The Hall–Kier alpha value is -1.30. The van der Waals surface area contributed by atoms with Crippen molar-refractivity contribution in [3.05, 3.63) is 29.3 Å². The number of hydrazine groups is 1. The largest absolute Gasteiger partial charge is 0.493 e. The van der Waals surface area contributed by atoms with Crippen molar-refractivity contribution in [1.29, 1.82) is 0 Å². The third-order valence-corrected chi connectivity index (χ3v) is 1.81. The summed E-state index contributed by atoms with van der Waals surface area (Å²) in [4.78, 5) is 15.1. The molecule has 3 N–H and O–H groups in total. The van der Waals surface area contributed by atoms with Gasteiger partial charge in [0.1, 0.15) is 5.75 Å². The average Bonchev–Trinajstić information content (AvgIpc) is 2.21. The van der Waals surface area contributed by atoms with Gasteiger partial charge in [-0.2, -0.15) is 0 Å². The minimum absolute atomic E-state index is 0.118. The van der Waals surface area contributed by atoms with Gasteiger partial charge in [-0.3, -0.25) is 4.79 Å². The number of halogens is 1. The summed E-state index contributed by atoms with van der Waals surface area (Å²) in [7, 11) is 0. The zero-order valence-electron chi connectivity index (χ0n) is 7.90. The van der Waals surface area contributed by atoms with Gasteiger partial charge < -0.3 is 9.57 Å². The highest BCUT2D eigenvalue weighted by atomic mass is 35.5. The number of rotatable bonds is 5. The zero-order chi connectivity index (χ0) is 11.1. The van der Waals surface area contributed by atoms with Gasteiger partial charge >= 0.3 is 5.97 Å². The minimum atomic E-state index is -0.480. The molecule has 0 heterocycles. The molecular weight excluding hydrogens is 220 g/mol. The van der Waals surface area contributed by atoms with Gasteiger partial charge in [-0.05, 0) is 24.3 Å². The van der Waals surface area contributed by atoms with Crippen LogP contribution in [0.3, 0.4) is 0 Å². The van der Waals surface area contributed by atoms with Gasteiger partial charge in [0.25, 0.3) is 0 Å². The lowest BCUT2D eigenvalue weighted by Crippen LogP contribution is -2.26. The molecule has 0 aliphatic heterocycles.